The van der Waals surface area contributed by atoms with Crippen LogP contribution in [0, 0.1) is 6.92 Å². The molecule has 2 aliphatic rings. The lowest BCUT2D eigenvalue weighted by Crippen LogP contribution is -2.26. The lowest BCUT2D eigenvalue weighted by atomic mass is 9.81. The summed E-state index contributed by atoms with van der Waals surface area (Å²) in [4.78, 5) is 42.2. The van der Waals surface area contributed by atoms with Crippen LogP contribution in [0.2, 0.25) is 0 Å². The molecule has 0 bridgehead atoms. The van der Waals surface area contributed by atoms with Crippen molar-refractivity contribution >= 4 is 39.0 Å². The molecule has 1 unspecified atom stereocenters. The minimum Gasteiger partial charge on any atom is -0.492 e. The number of amides is 2. The molecule has 0 saturated carbocycles. The molecule has 0 fully saturated rings. The average molecular weight is 648 g/mol. The fourth-order valence-corrected chi connectivity index (χ4v) is 7.83. The summed E-state index contributed by atoms with van der Waals surface area (Å²) in [7, 11) is -2.52. The molecule has 46 heavy (non-hydrogen) atoms. The number of hydrogen-bond donors (Lipinski definition) is 3. The summed E-state index contributed by atoms with van der Waals surface area (Å²) in [5, 5.41) is 4.71. The molecule has 0 saturated heterocycles. The van der Waals surface area contributed by atoms with Crippen LogP contribution in [0.5, 0.6) is 0 Å². The number of nitrogens with one attached hydrogen (secondary N) is 3. The van der Waals surface area contributed by atoms with Gasteiger partial charge in [0.15, 0.2) is 16.4 Å². The van der Waals surface area contributed by atoms with Gasteiger partial charge in [-0.05, 0) is 80.9 Å². The van der Waals surface area contributed by atoms with Gasteiger partial charge in [-0.2, -0.15) is 0 Å². The predicted molar refractivity (Wildman–Crippen MR) is 176 cm³/mol. The highest BCUT2D eigenvalue weighted by atomic mass is 32.2. The molecular weight excluding hydrogens is 606 g/mol. The summed E-state index contributed by atoms with van der Waals surface area (Å²) in [5.74, 6) is -0.948. The lowest BCUT2D eigenvalue weighted by Gasteiger charge is -2.24. The Hall–Kier alpha value is -4.38. The topological polar surface area (TPSA) is 144 Å². The molecular formula is C35H41N3O7S. The van der Waals surface area contributed by atoms with Gasteiger partial charge in [0.1, 0.15) is 0 Å². The monoisotopic (exact) mass is 647 g/mol. The van der Waals surface area contributed by atoms with Crippen LogP contribution in [0.4, 0.5) is 11.4 Å². The number of hydrogen-bond acceptors (Lipinski definition) is 7. The Kier molecular flexibility index (Phi) is 10.6. The minimum atomic E-state index is -3.91. The van der Waals surface area contributed by atoms with E-state index in [0.29, 0.717) is 29.1 Å². The molecule has 2 aromatic carbocycles. The highest BCUT2D eigenvalue weighted by Gasteiger charge is 2.34. The number of aromatic nitrogens is 1. The van der Waals surface area contributed by atoms with E-state index in [1.165, 1.54) is 19.4 Å². The number of methoxy groups -OCH3 is 1. The second kappa shape index (κ2) is 14.8. The van der Waals surface area contributed by atoms with E-state index in [2.05, 4.69) is 15.6 Å². The molecule has 3 aromatic rings. The zero-order chi connectivity index (χ0) is 32.7. The number of benzene rings is 2. The fraction of sp³-hybridized carbons (Fsp3) is 0.400. The summed E-state index contributed by atoms with van der Waals surface area (Å²) in [6.45, 7) is 1.55. The van der Waals surface area contributed by atoms with Crippen molar-refractivity contribution < 1.29 is 32.3 Å². The van der Waals surface area contributed by atoms with E-state index in [0.717, 1.165) is 61.8 Å². The van der Waals surface area contributed by atoms with E-state index in [9.17, 15) is 22.8 Å². The molecule has 1 aromatic heterocycles. The maximum atomic E-state index is 14.3. The number of ether oxygens (including phenoxy) is 2. The van der Waals surface area contributed by atoms with Crippen LogP contribution in [0.1, 0.15) is 83.7 Å². The zero-order valence-electron chi connectivity index (χ0n) is 26.3. The molecule has 0 spiro atoms. The van der Waals surface area contributed by atoms with Crippen LogP contribution in [0.3, 0.4) is 0 Å². The van der Waals surface area contributed by atoms with Gasteiger partial charge in [0.25, 0.3) is 11.8 Å². The SMILES string of the molecule is COC(=O)CCCCC[C@H]1CCCc2[nH]c3c(c21)C(=O)Nc1ccccc1NC(=O)CO/C=C\C(S(=O)(=O)c1ccc(C)cc1)C3. The largest absolute Gasteiger partial charge is 0.492 e. The van der Waals surface area contributed by atoms with E-state index < -0.39 is 21.0 Å². The number of H-pyrrole nitrogens is 1. The number of aryl methyl sites for hydroxylation is 2. The average Bonchev–Trinajstić information content (AvgIpc) is 3.42. The Balaban J connectivity index is 1.55. The number of rotatable bonds is 8. The van der Waals surface area contributed by atoms with Gasteiger partial charge in [-0.1, -0.05) is 42.7 Å². The van der Waals surface area contributed by atoms with Gasteiger partial charge in [-0.25, -0.2) is 8.42 Å². The Labute approximate surface area is 269 Å². The van der Waals surface area contributed by atoms with Crippen LogP contribution >= 0.6 is 0 Å². The van der Waals surface area contributed by atoms with E-state index >= 15 is 0 Å². The molecule has 3 N–H and O–H groups in total. The van der Waals surface area contributed by atoms with Crippen LogP contribution in [-0.4, -0.2) is 50.2 Å². The number of sulfone groups is 1. The minimum absolute atomic E-state index is 0.00547. The van der Waals surface area contributed by atoms with Gasteiger partial charge in [0.2, 0.25) is 0 Å². The molecule has 10 nitrogen and oxygen atoms in total. The number of fused-ring (bicyclic) bond motifs is 4. The van der Waals surface area contributed by atoms with Crippen LogP contribution in [0.25, 0.3) is 0 Å². The fourth-order valence-electron chi connectivity index (χ4n) is 6.31. The standard InChI is InChI=1S/C35H41N3O7S/c1-23-15-17-25(18-16-23)46(42,43)26-19-20-45-22-31(39)37-27-11-6-7-12-28(27)38-35(41)34-30(21-26)36-29-13-8-10-24(33(29)34)9-4-3-5-14-32(40)44-2/h6-7,11-12,15-20,24,26,36H,3-5,8-10,13-14,21-22H2,1-2H3,(H,37,39)(H,38,41)/b20-19-/t24-,26?/m0/s1. The first-order valence-electron chi connectivity index (χ1n) is 15.8. The van der Waals surface area contributed by atoms with Crippen molar-refractivity contribution in [3.63, 3.8) is 0 Å². The van der Waals surface area contributed by atoms with Gasteiger partial charge in [-0.3, -0.25) is 14.4 Å². The van der Waals surface area contributed by atoms with Gasteiger partial charge in [-0.15, -0.1) is 0 Å². The van der Waals surface area contributed by atoms with E-state index in [4.69, 9.17) is 9.47 Å². The number of anilines is 2. The van der Waals surface area contributed by atoms with Crippen LogP contribution in [-0.2, 0) is 41.7 Å². The van der Waals surface area contributed by atoms with Crippen molar-refractivity contribution in [2.75, 3.05) is 24.4 Å². The number of carbonyl (C=O) groups excluding carboxylic acids is 3. The van der Waals surface area contributed by atoms with Crippen molar-refractivity contribution in [3.8, 4) is 0 Å². The summed E-state index contributed by atoms with van der Waals surface area (Å²) in [5.41, 5.74) is 4.65. The highest BCUT2D eigenvalue weighted by molar-refractivity contribution is 7.92. The smallest absolute Gasteiger partial charge is 0.305 e. The van der Waals surface area contributed by atoms with Crippen molar-refractivity contribution in [1.29, 1.82) is 0 Å². The molecule has 244 valence electrons. The van der Waals surface area contributed by atoms with Gasteiger partial charge < -0.3 is 25.1 Å². The summed E-state index contributed by atoms with van der Waals surface area (Å²) in [6.07, 6.45) is 8.96. The van der Waals surface area contributed by atoms with E-state index in [1.54, 1.807) is 48.5 Å². The Morgan fingerprint density at radius 2 is 1.72 bits per heavy atom. The number of carbonyl (C=O) groups is 3. The highest BCUT2D eigenvalue weighted by Crippen LogP contribution is 2.40. The summed E-state index contributed by atoms with van der Waals surface area (Å²) >= 11 is 0. The van der Waals surface area contributed by atoms with Crippen LogP contribution < -0.4 is 10.6 Å². The van der Waals surface area contributed by atoms with Crippen LogP contribution in [0.15, 0.2) is 65.8 Å². The molecule has 0 radical (unpaired) electrons. The van der Waals surface area contributed by atoms with Gasteiger partial charge >= 0.3 is 5.97 Å². The van der Waals surface area contributed by atoms with E-state index in [-0.39, 0.29) is 35.7 Å². The third-order valence-electron chi connectivity index (χ3n) is 8.68. The Morgan fingerprint density at radius 1 is 0.978 bits per heavy atom. The number of aromatic amines is 1. The maximum Gasteiger partial charge on any atom is 0.305 e. The predicted octanol–water partition coefficient (Wildman–Crippen LogP) is 5.99. The number of para-hydroxylation sites is 2. The first kappa shape index (κ1) is 33.0. The normalized spacial score (nSPS) is 19.3. The summed E-state index contributed by atoms with van der Waals surface area (Å²) < 4.78 is 38.3. The third kappa shape index (κ3) is 7.70. The second-order valence-corrected chi connectivity index (χ2v) is 14.1. The molecule has 5 rings (SSSR count). The number of unbranched alkanes of at least 4 members (excludes halogenated alkanes) is 2. The lowest BCUT2D eigenvalue weighted by molar-refractivity contribution is -0.140. The molecule has 2 atom stereocenters. The zero-order valence-corrected chi connectivity index (χ0v) is 27.1. The Bertz CT molecular complexity index is 1710. The second-order valence-electron chi connectivity index (χ2n) is 11.9. The van der Waals surface area contributed by atoms with Gasteiger partial charge in [0, 0.05) is 24.2 Å². The van der Waals surface area contributed by atoms with Crippen molar-refractivity contribution in [2.45, 2.75) is 80.8 Å². The molecule has 11 heteroatoms. The Morgan fingerprint density at radius 3 is 2.46 bits per heavy atom. The first-order chi connectivity index (χ1) is 22.2. The summed E-state index contributed by atoms with van der Waals surface area (Å²) in [6, 6.07) is 13.6. The van der Waals surface area contributed by atoms with Crippen molar-refractivity contribution in [3.05, 3.63) is 88.9 Å². The molecule has 2 heterocycles. The maximum absolute atomic E-state index is 14.3. The third-order valence-corrected chi connectivity index (χ3v) is 10.7. The first-order valence-corrected chi connectivity index (χ1v) is 17.3. The van der Waals surface area contributed by atoms with Crippen molar-refractivity contribution in [1.82, 2.24) is 4.98 Å². The van der Waals surface area contributed by atoms with Crippen molar-refractivity contribution in [2.24, 2.45) is 0 Å². The quantitative estimate of drug-likeness (QED) is 0.201. The molecule has 2 amide bonds. The van der Waals surface area contributed by atoms with Gasteiger partial charge in [0.05, 0.1) is 40.5 Å². The molecule has 1 aliphatic carbocycles. The molecule has 1 aliphatic heterocycles. The number of esters is 1. The van der Waals surface area contributed by atoms with E-state index in [1.807, 2.05) is 6.92 Å².